The van der Waals surface area contributed by atoms with Crippen LogP contribution in [0.2, 0.25) is 0 Å². The fourth-order valence-corrected chi connectivity index (χ4v) is 4.61. The number of aryl methyl sites for hydroxylation is 1. The van der Waals surface area contributed by atoms with Crippen LogP contribution in [0.4, 0.5) is 4.79 Å². The van der Waals surface area contributed by atoms with Crippen LogP contribution in [0, 0.1) is 0 Å². The molecule has 4 rings (SSSR count). The zero-order valence-electron chi connectivity index (χ0n) is 19.0. The lowest BCUT2D eigenvalue weighted by Gasteiger charge is -2.43. The molecule has 1 fully saturated rings. The number of ether oxygens (including phenoxy) is 1. The van der Waals surface area contributed by atoms with Gasteiger partial charge >= 0.3 is 6.09 Å². The van der Waals surface area contributed by atoms with E-state index in [4.69, 9.17) is 4.74 Å². The van der Waals surface area contributed by atoms with Gasteiger partial charge in [-0.25, -0.2) is 4.79 Å². The monoisotopic (exact) mass is 430 g/mol. The van der Waals surface area contributed by atoms with E-state index in [1.807, 2.05) is 65.6 Å². The molecule has 32 heavy (non-hydrogen) atoms. The third-order valence-corrected chi connectivity index (χ3v) is 6.64. The second-order valence-electron chi connectivity index (χ2n) is 8.44. The SMILES string of the molecule is CC[C@@H](c1ccc(-c2ccn(C)c(=O)c2)cc1)N1CCC(CC)(c2ccccc2)OC1=O. The zero-order chi connectivity index (χ0) is 22.7. The minimum Gasteiger partial charge on any atom is -0.438 e. The van der Waals surface area contributed by atoms with E-state index in [1.165, 1.54) is 0 Å². The van der Waals surface area contributed by atoms with E-state index in [2.05, 4.69) is 13.8 Å². The van der Waals surface area contributed by atoms with E-state index in [-0.39, 0.29) is 17.7 Å². The van der Waals surface area contributed by atoms with Crippen LogP contribution < -0.4 is 5.56 Å². The number of rotatable bonds is 6. The topological polar surface area (TPSA) is 51.5 Å². The Bertz CT molecular complexity index is 1140. The Hall–Kier alpha value is -3.34. The highest BCUT2D eigenvalue weighted by Crippen LogP contribution is 2.40. The predicted molar refractivity (Wildman–Crippen MR) is 126 cm³/mol. The summed E-state index contributed by atoms with van der Waals surface area (Å²) in [6.45, 7) is 4.81. The Balaban J connectivity index is 1.55. The Labute approximate surface area is 189 Å². The molecule has 5 nitrogen and oxygen atoms in total. The number of carbonyl (C=O) groups is 1. The molecule has 0 aliphatic carbocycles. The zero-order valence-corrected chi connectivity index (χ0v) is 19.0. The maximum Gasteiger partial charge on any atom is 0.411 e. The highest BCUT2D eigenvalue weighted by Gasteiger charge is 2.42. The number of hydrogen-bond acceptors (Lipinski definition) is 3. The number of benzene rings is 2. The van der Waals surface area contributed by atoms with E-state index < -0.39 is 5.60 Å². The number of carbonyl (C=O) groups excluding carboxylic acids is 1. The van der Waals surface area contributed by atoms with E-state index in [9.17, 15) is 9.59 Å². The lowest BCUT2D eigenvalue weighted by atomic mass is 9.86. The molecule has 1 saturated heterocycles. The van der Waals surface area contributed by atoms with Crippen LogP contribution in [0.5, 0.6) is 0 Å². The molecule has 5 heteroatoms. The van der Waals surface area contributed by atoms with E-state index in [0.717, 1.165) is 41.5 Å². The van der Waals surface area contributed by atoms with Gasteiger partial charge in [-0.1, -0.05) is 68.4 Å². The fraction of sp³-hybridized carbons (Fsp3) is 0.333. The molecule has 1 aromatic heterocycles. The highest BCUT2D eigenvalue weighted by molar-refractivity contribution is 5.70. The summed E-state index contributed by atoms with van der Waals surface area (Å²) < 4.78 is 7.65. The molecule has 0 spiro atoms. The Morgan fingerprint density at radius 2 is 1.69 bits per heavy atom. The van der Waals surface area contributed by atoms with Gasteiger partial charge in [-0.05, 0) is 41.2 Å². The maximum atomic E-state index is 13.1. The van der Waals surface area contributed by atoms with Gasteiger partial charge in [0, 0.05) is 32.3 Å². The van der Waals surface area contributed by atoms with Gasteiger partial charge in [0.2, 0.25) is 0 Å². The predicted octanol–water partition coefficient (Wildman–Crippen LogP) is 5.65. The molecule has 0 bridgehead atoms. The second kappa shape index (κ2) is 9.03. The molecular formula is C27H30N2O3. The van der Waals surface area contributed by atoms with E-state index >= 15 is 0 Å². The van der Waals surface area contributed by atoms with Crippen LogP contribution >= 0.6 is 0 Å². The number of nitrogens with zero attached hydrogens (tertiary/aromatic N) is 2. The summed E-state index contributed by atoms with van der Waals surface area (Å²) in [5.41, 5.74) is 3.41. The summed E-state index contributed by atoms with van der Waals surface area (Å²) in [7, 11) is 1.74. The summed E-state index contributed by atoms with van der Waals surface area (Å²) in [5, 5.41) is 0. The number of amides is 1. The molecule has 1 aliphatic heterocycles. The van der Waals surface area contributed by atoms with Crippen molar-refractivity contribution in [1.29, 1.82) is 0 Å². The molecule has 0 saturated carbocycles. The lowest BCUT2D eigenvalue weighted by Crippen LogP contribution is -2.48. The Morgan fingerprint density at radius 3 is 2.28 bits per heavy atom. The van der Waals surface area contributed by atoms with Crippen molar-refractivity contribution in [3.8, 4) is 11.1 Å². The first-order chi connectivity index (χ1) is 15.5. The van der Waals surface area contributed by atoms with Crippen molar-refractivity contribution in [3.63, 3.8) is 0 Å². The molecule has 2 aromatic carbocycles. The maximum absolute atomic E-state index is 13.1. The van der Waals surface area contributed by atoms with Gasteiger partial charge in [-0.15, -0.1) is 0 Å². The van der Waals surface area contributed by atoms with Crippen molar-refractivity contribution in [3.05, 3.63) is 94.4 Å². The lowest BCUT2D eigenvalue weighted by molar-refractivity contribution is -0.0646. The Morgan fingerprint density at radius 1 is 0.969 bits per heavy atom. The van der Waals surface area contributed by atoms with Crippen LogP contribution in [-0.4, -0.2) is 22.1 Å². The number of aromatic nitrogens is 1. The van der Waals surface area contributed by atoms with Crippen molar-refractivity contribution in [2.75, 3.05) is 6.54 Å². The van der Waals surface area contributed by atoms with E-state index in [1.54, 1.807) is 23.9 Å². The smallest absolute Gasteiger partial charge is 0.411 e. The fourth-order valence-electron chi connectivity index (χ4n) is 4.61. The van der Waals surface area contributed by atoms with Gasteiger partial charge in [0.1, 0.15) is 5.60 Å². The van der Waals surface area contributed by atoms with Gasteiger partial charge in [-0.2, -0.15) is 0 Å². The van der Waals surface area contributed by atoms with Crippen LogP contribution in [-0.2, 0) is 17.4 Å². The van der Waals surface area contributed by atoms with Crippen molar-refractivity contribution in [2.45, 2.75) is 44.8 Å². The van der Waals surface area contributed by atoms with Gasteiger partial charge < -0.3 is 14.2 Å². The summed E-state index contributed by atoms with van der Waals surface area (Å²) in [5.74, 6) is 0. The number of pyridine rings is 1. The minimum absolute atomic E-state index is 0.0353. The van der Waals surface area contributed by atoms with Gasteiger partial charge in [-0.3, -0.25) is 4.79 Å². The third-order valence-electron chi connectivity index (χ3n) is 6.64. The van der Waals surface area contributed by atoms with Crippen LogP contribution in [0.25, 0.3) is 11.1 Å². The van der Waals surface area contributed by atoms with Crippen molar-refractivity contribution in [1.82, 2.24) is 9.47 Å². The van der Waals surface area contributed by atoms with Crippen molar-refractivity contribution >= 4 is 6.09 Å². The summed E-state index contributed by atoms with van der Waals surface area (Å²) in [6, 6.07) is 21.7. The standard InChI is InChI=1S/C27H30N2O3/c1-4-24(21-13-11-20(12-14-21)22-15-17-28(3)25(30)19-22)29-18-16-27(5-2,32-26(29)31)23-9-7-6-8-10-23/h6-15,17,19,24H,4-5,16,18H2,1-3H3/t24-,27?/m0/s1. The van der Waals surface area contributed by atoms with Crippen molar-refractivity contribution in [2.24, 2.45) is 7.05 Å². The van der Waals surface area contributed by atoms with Crippen molar-refractivity contribution < 1.29 is 9.53 Å². The first kappa shape index (κ1) is 21.9. The quantitative estimate of drug-likeness (QED) is 0.508. The minimum atomic E-state index is -0.559. The molecule has 2 atom stereocenters. The molecule has 0 radical (unpaired) electrons. The molecule has 1 aliphatic rings. The first-order valence-electron chi connectivity index (χ1n) is 11.3. The molecule has 0 N–H and O–H groups in total. The number of hydrogen-bond donors (Lipinski definition) is 0. The molecule has 1 amide bonds. The van der Waals surface area contributed by atoms with Gasteiger partial charge in [0.25, 0.3) is 5.56 Å². The van der Waals surface area contributed by atoms with Gasteiger partial charge in [0.05, 0.1) is 6.04 Å². The van der Waals surface area contributed by atoms with Crippen LogP contribution in [0.15, 0.2) is 77.7 Å². The second-order valence-corrected chi connectivity index (χ2v) is 8.44. The van der Waals surface area contributed by atoms with Gasteiger partial charge in [0.15, 0.2) is 0 Å². The summed E-state index contributed by atoms with van der Waals surface area (Å²) in [6.07, 6.45) is 3.82. The molecular weight excluding hydrogens is 400 g/mol. The molecule has 3 aromatic rings. The number of cyclic esters (lactones) is 1. The molecule has 166 valence electrons. The van der Waals surface area contributed by atoms with E-state index in [0.29, 0.717) is 6.54 Å². The largest absolute Gasteiger partial charge is 0.438 e. The summed E-state index contributed by atoms with van der Waals surface area (Å²) in [4.78, 5) is 27.0. The summed E-state index contributed by atoms with van der Waals surface area (Å²) >= 11 is 0. The molecule has 1 unspecified atom stereocenters. The molecule has 2 heterocycles. The third kappa shape index (κ3) is 4.07. The average Bonchev–Trinajstić information content (AvgIpc) is 2.83. The normalized spacial score (nSPS) is 19.5. The average molecular weight is 431 g/mol. The van der Waals surface area contributed by atoms with Crippen LogP contribution in [0.1, 0.15) is 50.3 Å². The highest BCUT2D eigenvalue weighted by atomic mass is 16.6. The Kier molecular flexibility index (Phi) is 6.17. The first-order valence-corrected chi connectivity index (χ1v) is 11.3. The van der Waals surface area contributed by atoms with Crippen LogP contribution in [0.3, 0.4) is 0 Å².